The van der Waals surface area contributed by atoms with Crippen molar-refractivity contribution in [3.63, 3.8) is 0 Å². The molecule has 0 saturated carbocycles. The molecule has 0 aliphatic rings. The number of aliphatic hydroxyl groups excluding tert-OH is 1. The summed E-state index contributed by atoms with van der Waals surface area (Å²) in [6, 6.07) is 7.40. The van der Waals surface area contributed by atoms with Gasteiger partial charge in [0.15, 0.2) is 0 Å². The van der Waals surface area contributed by atoms with Crippen LogP contribution in [-0.2, 0) is 0 Å². The first-order chi connectivity index (χ1) is 9.31. The van der Waals surface area contributed by atoms with E-state index in [2.05, 4.69) is 0 Å². The van der Waals surface area contributed by atoms with E-state index in [9.17, 15) is 18.3 Å². The van der Waals surface area contributed by atoms with E-state index in [1.54, 1.807) is 0 Å². The molecule has 0 aliphatic carbocycles. The molecule has 0 aliphatic heterocycles. The Kier molecular flexibility index (Phi) is 6.49. The van der Waals surface area contributed by atoms with Gasteiger partial charge in [-0.15, -0.1) is 0 Å². The maximum absolute atomic E-state index is 12.4. The number of alkyl halides is 3. The van der Waals surface area contributed by atoms with Crippen LogP contribution in [0.25, 0.3) is 0 Å². The second kappa shape index (κ2) is 7.64. The van der Waals surface area contributed by atoms with E-state index in [0.717, 1.165) is 11.1 Å². The topological polar surface area (TPSA) is 23.5 Å². The molecule has 2 nitrogen and oxygen atoms in total. The van der Waals surface area contributed by atoms with Crippen molar-refractivity contribution in [3.8, 4) is 0 Å². The second-order valence-corrected chi connectivity index (χ2v) is 5.11. The molecule has 20 heavy (non-hydrogen) atoms. The molecule has 1 rings (SSSR count). The molecule has 0 fully saturated rings. The Labute approximate surface area is 118 Å². The Morgan fingerprint density at radius 1 is 1.15 bits per heavy atom. The average Bonchev–Trinajstić information content (AvgIpc) is 2.35. The Morgan fingerprint density at radius 3 is 2.25 bits per heavy atom. The van der Waals surface area contributed by atoms with Gasteiger partial charge >= 0.3 is 6.18 Å². The van der Waals surface area contributed by atoms with E-state index in [0.29, 0.717) is 19.4 Å². The van der Waals surface area contributed by atoms with Gasteiger partial charge in [-0.05, 0) is 31.9 Å². The molecule has 1 aromatic rings. The van der Waals surface area contributed by atoms with E-state index >= 15 is 0 Å². The van der Waals surface area contributed by atoms with Gasteiger partial charge in [-0.1, -0.05) is 36.8 Å². The lowest BCUT2D eigenvalue weighted by Gasteiger charge is -2.24. The number of nitrogens with zero attached hydrogens (tertiary/aromatic N) is 1. The smallest absolute Gasteiger partial charge is 0.388 e. The summed E-state index contributed by atoms with van der Waals surface area (Å²) >= 11 is 0. The second-order valence-electron chi connectivity index (χ2n) is 5.11. The van der Waals surface area contributed by atoms with Crippen molar-refractivity contribution in [3.05, 3.63) is 35.4 Å². The fourth-order valence-electron chi connectivity index (χ4n) is 2.10. The standard InChI is InChI=1S/C15H22F3NO/c1-3-9-19(11-15(16,17)18)10-8-14(20)13-6-4-12(2)5-7-13/h4-7,14,20H,3,8-11H2,1-2H3. The first kappa shape index (κ1) is 17.0. The Morgan fingerprint density at radius 2 is 1.75 bits per heavy atom. The highest BCUT2D eigenvalue weighted by molar-refractivity contribution is 5.22. The molecule has 5 heteroatoms. The quantitative estimate of drug-likeness (QED) is 0.827. The molecular weight excluding hydrogens is 267 g/mol. The molecule has 0 radical (unpaired) electrons. The number of aliphatic hydroxyl groups is 1. The summed E-state index contributed by atoms with van der Waals surface area (Å²) < 4.78 is 37.3. The predicted molar refractivity (Wildman–Crippen MR) is 73.5 cm³/mol. The molecule has 0 amide bonds. The van der Waals surface area contributed by atoms with E-state index in [4.69, 9.17) is 0 Å². The third kappa shape index (κ3) is 6.39. The summed E-state index contributed by atoms with van der Waals surface area (Å²) in [5.41, 5.74) is 1.84. The Balaban J connectivity index is 2.51. The molecule has 0 aromatic heterocycles. The number of benzene rings is 1. The van der Waals surface area contributed by atoms with Gasteiger partial charge in [0.05, 0.1) is 12.6 Å². The van der Waals surface area contributed by atoms with E-state index in [-0.39, 0.29) is 6.54 Å². The highest BCUT2D eigenvalue weighted by Gasteiger charge is 2.30. The zero-order valence-corrected chi connectivity index (χ0v) is 12.0. The van der Waals surface area contributed by atoms with Crippen LogP contribution in [0.3, 0.4) is 0 Å². The van der Waals surface area contributed by atoms with Crippen LogP contribution in [0.15, 0.2) is 24.3 Å². The lowest BCUT2D eigenvalue weighted by Crippen LogP contribution is -2.36. The summed E-state index contributed by atoms with van der Waals surface area (Å²) in [7, 11) is 0. The van der Waals surface area contributed by atoms with Gasteiger partial charge in [0.1, 0.15) is 0 Å². The maximum atomic E-state index is 12.4. The Bertz CT molecular complexity index is 389. The van der Waals surface area contributed by atoms with Crippen LogP contribution < -0.4 is 0 Å². The van der Waals surface area contributed by atoms with Crippen LogP contribution in [-0.4, -0.2) is 35.8 Å². The zero-order chi connectivity index (χ0) is 15.2. The lowest BCUT2D eigenvalue weighted by molar-refractivity contribution is -0.146. The van der Waals surface area contributed by atoms with Crippen molar-refractivity contribution in [2.45, 2.75) is 39.0 Å². The normalized spacial score (nSPS) is 13.8. The first-order valence-corrected chi connectivity index (χ1v) is 6.85. The van der Waals surface area contributed by atoms with Crippen molar-refractivity contribution in [1.29, 1.82) is 0 Å². The summed E-state index contributed by atoms with van der Waals surface area (Å²) in [5, 5.41) is 10.0. The van der Waals surface area contributed by atoms with Crippen LogP contribution in [0.4, 0.5) is 13.2 Å². The van der Waals surface area contributed by atoms with Crippen molar-refractivity contribution < 1.29 is 18.3 Å². The summed E-state index contributed by atoms with van der Waals surface area (Å²) in [6.07, 6.45) is -3.94. The summed E-state index contributed by atoms with van der Waals surface area (Å²) in [5.74, 6) is 0. The summed E-state index contributed by atoms with van der Waals surface area (Å²) in [4.78, 5) is 1.34. The van der Waals surface area contributed by atoms with Crippen molar-refractivity contribution in [2.24, 2.45) is 0 Å². The molecule has 0 bridgehead atoms. The third-order valence-corrected chi connectivity index (χ3v) is 3.12. The molecule has 1 N–H and O–H groups in total. The molecule has 0 spiro atoms. The van der Waals surface area contributed by atoms with E-state index < -0.39 is 18.8 Å². The highest BCUT2D eigenvalue weighted by Crippen LogP contribution is 2.20. The van der Waals surface area contributed by atoms with Crippen LogP contribution in [0, 0.1) is 6.92 Å². The SMILES string of the molecule is CCCN(CCC(O)c1ccc(C)cc1)CC(F)(F)F. The van der Waals surface area contributed by atoms with E-state index in [1.165, 1.54) is 4.90 Å². The number of aryl methyl sites for hydroxylation is 1. The van der Waals surface area contributed by atoms with Gasteiger partial charge in [-0.2, -0.15) is 13.2 Å². The molecular formula is C15H22F3NO. The minimum atomic E-state index is -4.19. The van der Waals surface area contributed by atoms with Gasteiger partial charge in [0.2, 0.25) is 0 Å². The minimum absolute atomic E-state index is 0.238. The molecule has 1 unspecified atom stereocenters. The van der Waals surface area contributed by atoms with Gasteiger partial charge in [-0.3, -0.25) is 4.90 Å². The molecule has 1 atom stereocenters. The van der Waals surface area contributed by atoms with Gasteiger partial charge in [0.25, 0.3) is 0 Å². The molecule has 0 heterocycles. The average molecular weight is 289 g/mol. The molecule has 0 saturated heterocycles. The summed E-state index contributed by atoms with van der Waals surface area (Å²) in [6.45, 7) is 3.51. The van der Waals surface area contributed by atoms with Gasteiger partial charge < -0.3 is 5.11 Å². The lowest BCUT2D eigenvalue weighted by atomic mass is 10.0. The number of halogens is 3. The molecule has 1 aromatic carbocycles. The number of hydrogen-bond donors (Lipinski definition) is 1. The Hall–Kier alpha value is -1.07. The zero-order valence-electron chi connectivity index (χ0n) is 12.0. The van der Waals surface area contributed by atoms with Gasteiger partial charge in [-0.25, -0.2) is 0 Å². The maximum Gasteiger partial charge on any atom is 0.401 e. The number of hydrogen-bond acceptors (Lipinski definition) is 2. The highest BCUT2D eigenvalue weighted by atomic mass is 19.4. The van der Waals surface area contributed by atoms with Crippen molar-refractivity contribution >= 4 is 0 Å². The van der Waals surface area contributed by atoms with Crippen molar-refractivity contribution in [2.75, 3.05) is 19.6 Å². The first-order valence-electron chi connectivity index (χ1n) is 6.85. The third-order valence-electron chi connectivity index (χ3n) is 3.12. The van der Waals surface area contributed by atoms with Crippen molar-refractivity contribution in [1.82, 2.24) is 4.90 Å². The molecule has 114 valence electrons. The van der Waals surface area contributed by atoms with Crippen LogP contribution in [0.2, 0.25) is 0 Å². The van der Waals surface area contributed by atoms with Crippen LogP contribution in [0.1, 0.15) is 37.0 Å². The largest absolute Gasteiger partial charge is 0.401 e. The van der Waals surface area contributed by atoms with Crippen LogP contribution >= 0.6 is 0 Å². The number of rotatable bonds is 7. The minimum Gasteiger partial charge on any atom is -0.388 e. The van der Waals surface area contributed by atoms with E-state index in [1.807, 2.05) is 38.1 Å². The van der Waals surface area contributed by atoms with Gasteiger partial charge in [0, 0.05) is 6.54 Å². The van der Waals surface area contributed by atoms with Crippen LogP contribution in [0.5, 0.6) is 0 Å². The fourth-order valence-corrected chi connectivity index (χ4v) is 2.10. The monoisotopic (exact) mass is 289 g/mol. The predicted octanol–water partition coefficient (Wildman–Crippen LogP) is 3.69. The fraction of sp³-hybridized carbons (Fsp3) is 0.600.